The Morgan fingerprint density at radius 2 is 1.11 bits per heavy atom. The summed E-state index contributed by atoms with van der Waals surface area (Å²) < 4.78 is 0. The van der Waals surface area contributed by atoms with Gasteiger partial charge >= 0.3 is 0 Å². The molecule has 0 aliphatic carbocycles. The van der Waals surface area contributed by atoms with Crippen molar-refractivity contribution in [2.45, 2.75) is 26.9 Å². The lowest BCUT2D eigenvalue weighted by Crippen LogP contribution is -2.80. The molecule has 2 N–H and O–H groups in total. The van der Waals surface area contributed by atoms with Gasteiger partial charge in [0.05, 0.1) is 0 Å². The minimum atomic E-state index is 0. The summed E-state index contributed by atoms with van der Waals surface area (Å²) in [6, 6.07) is 17.2. The standard InChI is InChI=1S/C16H19N.ClH/c1-13-7-3-5-9-15(13)11-17-12-16-10-6-4-8-14(16)2;/h3-10,17H,11-12H2,1-2H3;1H/p+1. The van der Waals surface area contributed by atoms with Crippen molar-refractivity contribution in [3.05, 3.63) is 70.8 Å². The van der Waals surface area contributed by atoms with Gasteiger partial charge in [0.25, 0.3) is 0 Å². The molecule has 96 valence electrons. The normalized spacial score (nSPS) is 9.89. The summed E-state index contributed by atoms with van der Waals surface area (Å²) in [6.07, 6.45) is 0. The zero-order chi connectivity index (χ0) is 12.1. The zero-order valence-corrected chi connectivity index (χ0v) is 11.8. The number of aryl methyl sites for hydroxylation is 2. The summed E-state index contributed by atoms with van der Waals surface area (Å²) in [7, 11) is 0. The molecule has 2 aromatic carbocycles. The van der Waals surface area contributed by atoms with Crippen molar-refractivity contribution in [3.63, 3.8) is 0 Å². The number of nitrogens with two attached hydrogens (primary N) is 1. The summed E-state index contributed by atoms with van der Waals surface area (Å²) in [5.74, 6) is 0. The van der Waals surface area contributed by atoms with Gasteiger partial charge in [-0.1, -0.05) is 48.5 Å². The number of halogens is 1. The molecule has 0 aromatic heterocycles. The average Bonchev–Trinajstić information content (AvgIpc) is 2.34. The van der Waals surface area contributed by atoms with Crippen molar-refractivity contribution in [2.75, 3.05) is 0 Å². The fourth-order valence-corrected chi connectivity index (χ4v) is 2.06. The van der Waals surface area contributed by atoms with Gasteiger partial charge in [-0.2, -0.15) is 0 Å². The summed E-state index contributed by atoms with van der Waals surface area (Å²) in [4.78, 5) is 0. The maximum Gasteiger partial charge on any atom is 0.102 e. The molecule has 0 heterocycles. The van der Waals surface area contributed by atoms with Crippen LogP contribution in [0.2, 0.25) is 0 Å². The van der Waals surface area contributed by atoms with Crippen molar-refractivity contribution in [1.29, 1.82) is 0 Å². The molecule has 2 rings (SSSR count). The van der Waals surface area contributed by atoms with Gasteiger partial charge in [0.1, 0.15) is 13.1 Å². The van der Waals surface area contributed by atoms with E-state index in [0.29, 0.717) is 0 Å². The highest BCUT2D eigenvalue weighted by Gasteiger charge is 2.01. The highest BCUT2D eigenvalue weighted by atomic mass is 35.5. The molecule has 0 fully saturated rings. The number of rotatable bonds is 4. The van der Waals surface area contributed by atoms with Crippen molar-refractivity contribution in [1.82, 2.24) is 0 Å². The second-order valence-corrected chi connectivity index (χ2v) is 4.55. The smallest absolute Gasteiger partial charge is 0.102 e. The first-order valence-electron chi connectivity index (χ1n) is 6.18. The van der Waals surface area contributed by atoms with E-state index >= 15 is 0 Å². The quantitative estimate of drug-likeness (QED) is 0.873. The SMILES string of the molecule is Cc1ccccc1C[NH2+]Cc1ccccc1C.Cl. The minimum Gasteiger partial charge on any atom is -0.339 e. The number of quaternary nitrogens is 1. The molecule has 0 amide bonds. The van der Waals surface area contributed by atoms with E-state index in [-0.39, 0.29) is 12.4 Å². The second-order valence-electron chi connectivity index (χ2n) is 4.55. The molecule has 0 bridgehead atoms. The van der Waals surface area contributed by atoms with Crippen molar-refractivity contribution in [2.24, 2.45) is 0 Å². The maximum absolute atomic E-state index is 2.37. The van der Waals surface area contributed by atoms with Gasteiger partial charge in [0, 0.05) is 11.1 Å². The predicted octanol–water partition coefficient (Wildman–Crippen LogP) is 2.99. The zero-order valence-electron chi connectivity index (χ0n) is 11.0. The molecular formula is C16H21ClN+. The molecule has 2 heteroatoms. The van der Waals surface area contributed by atoms with Crippen molar-refractivity contribution in [3.8, 4) is 0 Å². The highest BCUT2D eigenvalue weighted by molar-refractivity contribution is 5.85. The lowest BCUT2D eigenvalue weighted by atomic mass is 10.1. The van der Waals surface area contributed by atoms with Crippen LogP contribution in [0.4, 0.5) is 0 Å². The molecule has 0 unspecified atom stereocenters. The second kappa shape index (κ2) is 7.20. The van der Waals surface area contributed by atoms with E-state index in [1.54, 1.807) is 0 Å². The van der Waals surface area contributed by atoms with Crippen LogP contribution in [0.1, 0.15) is 22.3 Å². The van der Waals surface area contributed by atoms with Crippen LogP contribution in [0.15, 0.2) is 48.5 Å². The Morgan fingerprint density at radius 1 is 0.722 bits per heavy atom. The number of hydrogen-bond acceptors (Lipinski definition) is 0. The molecule has 0 saturated carbocycles. The monoisotopic (exact) mass is 262 g/mol. The molecule has 0 aliphatic heterocycles. The Labute approximate surface area is 116 Å². The summed E-state index contributed by atoms with van der Waals surface area (Å²) in [6.45, 7) is 6.47. The largest absolute Gasteiger partial charge is 0.339 e. The first kappa shape index (κ1) is 14.7. The van der Waals surface area contributed by atoms with Crippen LogP contribution in [0.5, 0.6) is 0 Å². The molecule has 0 spiro atoms. The van der Waals surface area contributed by atoms with Gasteiger partial charge in [0.2, 0.25) is 0 Å². The van der Waals surface area contributed by atoms with Crippen LogP contribution >= 0.6 is 12.4 Å². The Hall–Kier alpha value is -1.31. The minimum absolute atomic E-state index is 0. The molecule has 0 radical (unpaired) electrons. The molecule has 18 heavy (non-hydrogen) atoms. The Morgan fingerprint density at radius 3 is 1.50 bits per heavy atom. The third kappa shape index (κ3) is 3.86. The van der Waals surface area contributed by atoms with Gasteiger partial charge in [-0.15, -0.1) is 12.4 Å². The van der Waals surface area contributed by atoms with E-state index in [1.807, 2.05) is 0 Å². The molecule has 0 atom stereocenters. The first-order chi connectivity index (χ1) is 8.27. The van der Waals surface area contributed by atoms with Crippen LogP contribution < -0.4 is 5.32 Å². The third-order valence-electron chi connectivity index (χ3n) is 3.25. The highest BCUT2D eigenvalue weighted by Crippen LogP contribution is 2.06. The summed E-state index contributed by atoms with van der Waals surface area (Å²) in [5, 5.41) is 2.37. The van der Waals surface area contributed by atoms with E-state index in [9.17, 15) is 0 Å². The summed E-state index contributed by atoms with van der Waals surface area (Å²) >= 11 is 0. The van der Waals surface area contributed by atoms with Gasteiger partial charge < -0.3 is 5.32 Å². The number of benzene rings is 2. The molecular weight excluding hydrogens is 242 g/mol. The fourth-order valence-electron chi connectivity index (χ4n) is 2.06. The first-order valence-corrected chi connectivity index (χ1v) is 6.18. The van der Waals surface area contributed by atoms with Gasteiger partial charge in [-0.25, -0.2) is 0 Å². The van der Waals surface area contributed by atoms with E-state index in [2.05, 4.69) is 67.7 Å². The van der Waals surface area contributed by atoms with Crippen LogP contribution in [-0.2, 0) is 13.1 Å². The molecule has 1 nitrogen and oxygen atoms in total. The van der Waals surface area contributed by atoms with Crippen LogP contribution in [0, 0.1) is 13.8 Å². The van der Waals surface area contributed by atoms with Crippen molar-refractivity contribution < 1.29 is 5.32 Å². The Kier molecular flexibility index (Phi) is 5.90. The topological polar surface area (TPSA) is 16.6 Å². The molecule has 0 saturated heterocycles. The van der Waals surface area contributed by atoms with Gasteiger partial charge in [-0.3, -0.25) is 0 Å². The molecule has 2 aromatic rings. The predicted molar refractivity (Wildman–Crippen MR) is 78.9 cm³/mol. The van der Waals surface area contributed by atoms with E-state index in [4.69, 9.17) is 0 Å². The maximum atomic E-state index is 2.37. The Balaban J connectivity index is 0.00000162. The lowest BCUT2D eigenvalue weighted by Gasteiger charge is -2.06. The fraction of sp³-hybridized carbons (Fsp3) is 0.250. The van der Waals surface area contributed by atoms with Crippen LogP contribution in [0.25, 0.3) is 0 Å². The molecule has 0 aliphatic rings. The average molecular weight is 263 g/mol. The van der Waals surface area contributed by atoms with Crippen molar-refractivity contribution >= 4 is 12.4 Å². The third-order valence-corrected chi connectivity index (χ3v) is 3.25. The van der Waals surface area contributed by atoms with E-state index in [0.717, 1.165) is 13.1 Å². The number of hydrogen-bond donors (Lipinski definition) is 1. The van der Waals surface area contributed by atoms with Crippen LogP contribution in [0.3, 0.4) is 0 Å². The van der Waals surface area contributed by atoms with Gasteiger partial charge in [-0.05, 0) is 25.0 Å². The van der Waals surface area contributed by atoms with E-state index in [1.165, 1.54) is 22.3 Å². The Bertz CT molecular complexity index is 448. The summed E-state index contributed by atoms with van der Waals surface area (Å²) in [5.41, 5.74) is 5.63. The lowest BCUT2D eigenvalue weighted by molar-refractivity contribution is -0.686. The van der Waals surface area contributed by atoms with Gasteiger partial charge in [0.15, 0.2) is 0 Å². The van der Waals surface area contributed by atoms with Crippen LogP contribution in [-0.4, -0.2) is 0 Å². The van der Waals surface area contributed by atoms with E-state index < -0.39 is 0 Å².